The normalized spacial score (nSPS) is 38.6. The van der Waals surface area contributed by atoms with Crippen molar-refractivity contribution in [2.24, 2.45) is 52.3 Å². The van der Waals surface area contributed by atoms with Gasteiger partial charge in [0.1, 0.15) is 5.76 Å². The number of nitrogens with two attached hydrogens (primary N) is 2. The van der Waals surface area contributed by atoms with Gasteiger partial charge in [0, 0.05) is 6.42 Å². The van der Waals surface area contributed by atoms with E-state index in [0.717, 1.165) is 60.0 Å². The van der Waals surface area contributed by atoms with Crippen molar-refractivity contribution in [3.8, 4) is 5.75 Å². The number of ether oxygens (including phenoxy) is 1. The Morgan fingerprint density at radius 1 is 0.944 bits per heavy atom. The number of anilines is 2. The highest BCUT2D eigenvalue weighted by Crippen LogP contribution is 2.68. The third kappa shape index (κ3) is 4.47. The first kappa shape index (κ1) is 26.0. The molecule has 0 bridgehead atoms. The van der Waals surface area contributed by atoms with Gasteiger partial charge in [-0.3, -0.25) is 0 Å². The Balaban J connectivity index is 1.28. The molecule has 200 valence electrons. The van der Waals surface area contributed by atoms with E-state index in [1.54, 1.807) is 0 Å². The first-order valence-electron chi connectivity index (χ1n) is 15.1. The molecule has 4 unspecified atom stereocenters. The maximum absolute atomic E-state index is 6.33. The molecule has 0 amide bonds. The first-order valence-corrected chi connectivity index (χ1v) is 15.1. The molecule has 0 aromatic heterocycles. The number of benzene rings is 1. The van der Waals surface area contributed by atoms with E-state index < -0.39 is 0 Å². The van der Waals surface area contributed by atoms with Crippen molar-refractivity contribution in [1.82, 2.24) is 0 Å². The molecule has 1 aromatic carbocycles. The molecule has 4 N–H and O–H groups in total. The summed E-state index contributed by atoms with van der Waals surface area (Å²) in [5.74, 6) is 7.96. The Hall–Kier alpha value is -1.64. The van der Waals surface area contributed by atoms with Crippen molar-refractivity contribution in [1.29, 1.82) is 0 Å². The lowest BCUT2D eigenvalue weighted by Crippen LogP contribution is -2.53. The summed E-state index contributed by atoms with van der Waals surface area (Å²) >= 11 is 0. The molecular weight excluding hydrogens is 440 g/mol. The van der Waals surface area contributed by atoms with E-state index in [2.05, 4.69) is 40.7 Å². The molecule has 0 heterocycles. The first-order chi connectivity index (χ1) is 17.1. The lowest BCUT2D eigenvalue weighted by Gasteiger charge is -2.60. The molecule has 0 spiro atoms. The van der Waals surface area contributed by atoms with Crippen molar-refractivity contribution < 1.29 is 4.74 Å². The molecule has 36 heavy (non-hydrogen) atoms. The van der Waals surface area contributed by atoms with Gasteiger partial charge >= 0.3 is 0 Å². The average Bonchev–Trinajstić information content (AvgIpc) is 3.19. The van der Waals surface area contributed by atoms with Gasteiger partial charge < -0.3 is 16.2 Å². The minimum absolute atomic E-state index is 0.416. The zero-order valence-corrected chi connectivity index (χ0v) is 23.7. The average molecular weight is 493 g/mol. The zero-order valence-electron chi connectivity index (χ0n) is 23.7. The van der Waals surface area contributed by atoms with Crippen molar-refractivity contribution in [2.75, 3.05) is 11.5 Å². The standard InChI is InChI=1S/C33H52N2O/c1-21(2)8-6-9-22(3)26-14-15-27-25-13-12-23-20-24(36-30-11-7-10-29(34)31(30)35)16-18-32(23,4)28(25)17-19-33(26,27)5/h7,10-11,16,21-23,25-28H,6,8-9,12-15,17-20,34-35H2,1-5H3/t22-,23?,25?,26-,27?,28?,32+,33-/m1/s1. The predicted octanol–water partition coefficient (Wildman–Crippen LogP) is 8.84. The second kappa shape index (κ2) is 9.91. The Morgan fingerprint density at radius 2 is 1.72 bits per heavy atom. The molecule has 1 aromatic rings. The highest BCUT2D eigenvalue weighted by atomic mass is 16.5. The van der Waals surface area contributed by atoms with Crippen LogP contribution in [-0.2, 0) is 0 Å². The van der Waals surface area contributed by atoms with E-state index in [0.29, 0.717) is 28.0 Å². The summed E-state index contributed by atoms with van der Waals surface area (Å²) in [6.45, 7) is 12.7. The van der Waals surface area contributed by atoms with Crippen LogP contribution in [-0.4, -0.2) is 0 Å². The van der Waals surface area contributed by atoms with E-state index in [9.17, 15) is 0 Å². The fraction of sp³-hybridized carbons (Fsp3) is 0.758. The van der Waals surface area contributed by atoms with Crippen LogP contribution in [0.4, 0.5) is 11.4 Å². The summed E-state index contributed by atoms with van der Waals surface area (Å²) < 4.78 is 6.33. The van der Waals surface area contributed by atoms with Crippen LogP contribution < -0.4 is 16.2 Å². The molecular formula is C33H52N2O. The molecule has 8 atom stereocenters. The fourth-order valence-corrected chi connectivity index (χ4v) is 9.75. The molecule has 4 aliphatic rings. The minimum Gasteiger partial charge on any atom is -0.460 e. The van der Waals surface area contributed by atoms with Gasteiger partial charge in [0.05, 0.1) is 11.4 Å². The van der Waals surface area contributed by atoms with Crippen LogP contribution in [0.3, 0.4) is 0 Å². The lowest BCUT2D eigenvalue weighted by atomic mass is 9.45. The summed E-state index contributed by atoms with van der Waals surface area (Å²) in [4.78, 5) is 0. The van der Waals surface area contributed by atoms with Crippen LogP contribution in [0, 0.1) is 52.3 Å². The Kier molecular flexibility index (Phi) is 7.16. The highest BCUT2D eigenvalue weighted by molar-refractivity contribution is 5.70. The fourth-order valence-electron chi connectivity index (χ4n) is 9.75. The van der Waals surface area contributed by atoms with Gasteiger partial charge in [0.2, 0.25) is 0 Å². The number of rotatable bonds is 7. The highest BCUT2D eigenvalue weighted by Gasteiger charge is 2.60. The molecule has 0 radical (unpaired) electrons. The molecule has 3 saturated carbocycles. The lowest BCUT2D eigenvalue weighted by molar-refractivity contribution is -0.104. The smallest absolute Gasteiger partial charge is 0.151 e. The summed E-state index contributed by atoms with van der Waals surface area (Å²) in [5, 5.41) is 0. The Labute approximate surface area is 220 Å². The summed E-state index contributed by atoms with van der Waals surface area (Å²) in [6.07, 6.45) is 17.5. The predicted molar refractivity (Wildman–Crippen MR) is 152 cm³/mol. The van der Waals surface area contributed by atoms with Crippen LogP contribution in [0.2, 0.25) is 0 Å². The van der Waals surface area contributed by atoms with Gasteiger partial charge in [-0.15, -0.1) is 0 Å². The third-order valence-corrected chi connectivity index (χ3v) is 11.8. The van der Waals surface area contributed by atoms with Crippen LogP contribution in [0.5, 0.6) is 5.75 Å². The quantitative estimate of drug-likeness (QED) is 0.374. The number of para-hydroxylation sites is 1. The number of nitrogen functional groups attached to an aromatic ring is 2. The number of fused-ring (bicyclic) bond motifs is 5. The largest absolute Gasteiger partial charge is 0.460 e. The van der Waals surface area contributed by atoms with Crippen molar-refractivity contribution in [3.63, 3.8) is 0 Å². The van der Waals surface area contributed by atoms with E-state index in [4.69, 9.17) is 16.2 Å². The van der Waals surface area contributed by atoms with Gasteiger partial charge in [-0.25, -0.2) is 0 Å². The minimum atomic E-state index is 0.416. The summed E-state index contributed by atoms with van der Waals surface area (Å²) in [5.41, 5.74) is 14.4. The van der Waals surface area contributed by atoms with E-state index in [1.165, 1.54) is 57.8 Å². The summed E-state index contributed by atoms with van der Waals surface area (Å²) in [7, 11) is 0. The molecule has 5 rings (SSSR count). The number of hydrogen-bond acceptors (Lipinski definition) is 3. The second-order valence-corrected chi connectivity index (χ2v) is 14.1. The van der Waals surface area contributed by atoms with Crippen molar-refractivity contribution in [2.45, 2.75) is 105 Å². The SMILES string of the molecule is CC(C)CCC[C@@H](C)[C@H]1CCC2C3CCC4CC(Oc5cccc(N)c5N)=CC[C@]4(C)C3CC[C@@]21C. The van der Waals surface area contributed by atoms with Gasteiger partial charge in [-0.05, 0) is 115 Å². The van der Waals surface area contributed by atoms with Crippen LogP contribution >= 0.6 is 0 Å². The number of hydrogen-bond donors (Lipinski definition) is 2. The molecule has 3 fully saturated rings. The van der Waals surface area contributed by atoms with E-state index in [1.807, 2.05) is 18.2 Å². The maximum atomic E-state index is 6.33. The molecule has 3 nitrogen and oxygen atoms in total. The Bertz CT molecular complexity index is 968. The van der Waals surface area contributed by atoms with Crippen LogP contribution in [0.25, 0.3) is 0 Å². The van der Waals surface area contributed by atoms with Crippen molar-refractivity contribution in [3.05, 3.63) is 30.0 Å². The zero-order chi connectivity index (χ0) is 25.7. The Morgan fingerprint density at radius 3 is 2.50 bits per heavy atom. The molecule has 4 aliphatic carbocycles. The molecule has 0 aliphatic heterocycles. The third-order valence-electron chi connectivity index (χ3n) is 11.8. The van der Waals surface area contributed by atoms with Gasteiger partial charge in [-0.2, -0.15) is 0 Å². The van der Waals surface area contributed by atoms with Crippen LogP contribution in [0.15, 0.2) is 30.0 Å². The van der Waals surface area contributed by atoms with E-state index in [-0.39, 0.29) is 0 Å². The van der Waals surface area contributed by atoms with Crippen molar-refractivity contribution >= 4 is 11.4 Å². The summed E-state index contributed by atoms with van der Waals surface area (Å²) in [6, 6.07) is 5.71. The van der Waals surface area contributed by atoms with Gasteiger partial charge in [0.25, 0.3) is 0 Å². The van der Waals surface area contributed by atoms with Crippen LogP contribution in [0.1, 0.15) is 105 Å². The number of allylic oxidation sites excluding steroid dienone is 2. The molecule has 3 heteroatoms. The van der Waals surface area contributed by atoms with Gasteiger partial charge in [-0.1, -0.05) is 59.9 Å². The van der Waals surface area contributed by atoms with Gasteiger partial charge in [0.15, 0.2) is 5.75 Å². The maximum Gasteiger partial charge on any atom is 0.151 e. The second-order valence-electron chi connectivity index (χ2n) is 14.1. The van der Waals surface area contributed by atoms with E-state index >= 15 is 0 Å². The molecule has 0 saturated heterocycles. The topological polar surface area (TPSA) is 61.3 Å². The monoisotopic (exact) mass is 492 g/mol.